The monoisotopic (exact) mass is 449 g/mol. The molecule has 0 radical (unpaired) electrons. The number of aromatic nitrogens is 3. The zero-order valence-corrected chi connectivity index (χ0v) is 18.7. The van der Waals surface area contributed by atoms with Crippen LogP contribution in [0.4, 0.5) is 0 Å². The van der Waals surface area contributed by atoms with Gasteiger partial charge in [0.25, 0.3) is 5.91 Å². The van der Waals surface area contributed by atoms with Crippen molar-refractivity contribution in [1.82, 2.24) is 20.3 Å². The van der Waals surface area contributed by atoms with Gasteiger partial charge in [-0.15, -0.1) is 11.8 Å². The molecule has 2 aliphatic rings. The van der Waals surface area contributed by atoms with Crippen molar-refractivity contribution in [3.63, 3.8) is 0 Å². The van der Waals surface area contributed by atoms with Gasteiger partial charge in [-0.2, -0.15) is 0 Å². The van der Waals surface area contributed by atoms with E-state index in [4.69, 9.17) is 10.7 Å². The number of carbonyl (C=O) groups excluding carboxylic acids is 1. The van der Waals surface area contributed by atoms with Gasteiger partial charge in [-0.1, -0.05) is 48.5 Å². The Labute approximate surface area is 189 Å². The van der Waals surface area contributed by atoms with Gasteiger partial charge in [0.2, 0.25) is 5.82 Å². The number of hydrogen-bond acceptors (Lipinski definition) is 7. The Morgan fingerprint density at radius 2 is 1.90 bits per heavy atom. The predicted molar refractivity (Wildman–Crippen MR) is 126 cm³/mol. The Morgan fingerprint density at radius 1 is 1.16 bits per heavy atom. The summed E-state index contributed by atoms with van der Waals surface area (Å²) in [5.74, 6) is -0.167. The van der Waals surface area contributed by atoms with E-state index in [2.05, 4.69) is 33.5 Å². The first-order valence-electron chi connectivity index (χ1n) is 10.4. The van der Waals surface area contributed by atoms with Crippen molar-refractivity contribution in [1.29, 1.82) is 0 Å². The van der Waals surface area contributed by atoms with Crippen molar-refractivity contribution in [3.8, 4) is 22.4 Å². The molecular weight excluding hydrogens is 426 g/mol. The standard InChI is InChI=1S/C23H23N5OS2/c1-25-21(29)20-26-11-14(12-27-20)17-10-16(13-6-3-2-4-7-13)18-19(24)23(31-22(18)28-17)30-15-8-5-9-15/h2-4,6-7,10-12,15,19,23H,5,8-9,24H2,1H3,(H,25,29). The molecule has 1 aromatic carbocycles. The number of thioether (sulfide) groups is 2. The van der Waals surface area contributed by atoms with Gasteiger partial charge in [0.15, 0.2) is 0 Å². The third-order valence-electron chi connectivity index (χ3n) is 5.72. The number of nitrogens with zero attached hydrogens (tertiary/aromatic N) is 3. The lowest BCUT2D eigenvalue weighted by Gasteiger charge is -2.28. The van der Waals surface area contributed by atoms with E-state index in [1.807, 2.05) is 30.0 Å². The third-order valence-corrected chi connectivity index (χ3v) is 8.82. The molecule has 1 saturated carbocycles. The molecule has 2 atom stereocenters. The molecule has 2 aromatic heterocycles. The quantitative estimate of drug-likeness (QED) is 0.600. The highest BCUT2D eigenvalue weighted by Crippen LogP contribution is 2.53. The van der Waals surface area contributed by atoms with Crippen LogP contribution in [0.5, 0.6) is 0 Å². The van der Waals surface area contributed by atoms with Crippen LogP contribution in [0.25, 0.3) is 22.4 Å². The number of fused-ring (bicyclic) bond motifs is 1. The first kappa shape index (κ1) is 20.5. The maximum Gasteiger partial charge on any atom is 0.288 e. The molecule has 31 heavy (non-hydrogen) atoms. The Bertz CT molecular complexity index is 1100. The summed E-state index contributed by atoms with van der Waals surface area (Å²) in [5, 5.41) is 4.23. The minimum absolute atomic E-state index is 0.0609. The second-order valence-electron chi connectivity index (χ2n) is 7.72. The summed E-state index contributed by atoms with van der Waals surface area (Å²) in [6, 6.07) is 12.3. The molecule has 3 heterocycles. The van der Waals surface area contributed by atoms with Crippen LogP contribution in [-0.2, 0) is 0 Å². The zero-order valence-electron chi connectivity index (χ0n) is 17.1. The van der Waals surface area contributed by atoms with Gasteiger partial charge in [-0.3, -0.25) is 4.79 Å². The van der Waals surface area contributed by atoms with E-state index in [-0.39, 0.29) is 22.4 Å². The summed E-state index contributed by atoms with van der Waals surface area (Å²) >= 11 is 3.77. The number of pyridine rings is 1. The second kappa shape index (κ2) is 8.61. The minimum Gasteiger partial charge on any atom is -0.352 e. The van der Waals surface area contributed by atoms with Crippen LogP contribution in [0.15, 0.2) is 53.8 Å². The lowest BCUT2D eigenvalue weighted by molar-refractivity contribution is 0.0953. The smallest absolute Gasteiger partial charge is 0.288 e. The fourth-order valence-corrected chi connectivity index (χ4v) is 7.05. The molecule has 8 heteroatoms. The van der Waals surface area contributed by atoms with Crippen molar-refractivity contribution < 1.29 is 4.79 Å². The molecule has 2 unspecified atom stereocenters. The molecule has 158 valence electrons. The number of rotatable bonds is 5. The van der Waals surface area contributed by atoms with Crippen molar-refractivity contribution in [2.45, 2.75) is 40.2 Å². The van der Waals surface area contributed by atoms with Crippen molar-refractivity contribution >= 4 is 29.4 Å². The van der Waals surface area contributed by atoms with Crippen LogP contribution in [-0.4, -0.2) is 37.7 Å². The number of carbonyl (C=O) groups is 1. The summed E-state index contributed by atoms with van der Waals surface area (Å²) in [6.07, 6.45) is 7.19. The highest BCUT2D eigenvalue weighted by atomic mass is 32.2. The molecule has 1 amide bonds. The van der Waals surface area contributed by atoms with E-state index in [0.717, 1.165) is 33.0 Å². The fourth-order valence-electron chi connectivity index (χ4n) is 3.77. The van der Waals surface area contributed by atoms with Crippen LogP contribution >= 0.6 is 23.5 Å². The highest BCUT2D eigenvalue weighted by molar-refractivity contribution is 8.17. The lowest BCUT2D eigenvalue weighted by atomic mass is 9.96. The van der Waals surface area contributed by atoms with E-state index in [9.17, 15) is 4.79 Å². The average Bonchev–Trinajstić information content (AvgIpc) is 3.11. The molecule has 0 saturated heterocycles. The van der Waals surface area contributed by atoms with Gasteiger partial charge in [-0.25, -0.2) is 15.0 Å². The summed E-state index contributed by atoms with van der Waals surface area (Å²) in [4.78, 5) is 25.1. The van der Waals surface area contributed by atoms with Crippen LogP contribution in [0.3, 0.4) is 0 Å². The summed E-state index contributed by atoms with van der Waals surface area (Å²) in [6.45, 7) is 0. The molecule has 0 bridgehead atoms. The Balaban J connectivity index is 1.56. The topological polar surface area (TPSA) is 93.8 Å². The minimum atomic E-state index is -0.309. The predicted octanol–water partition coefficient (Wildman–Crippen LogP) is 4.28. The maximum absolute atomic E-state index is 11.8. The van der Waals surface area contributed by atoms with Gasteiger partial charge in [-0.05, 0) is 30.0 Å². The van der Waals surface area contributed by atoms with Crippen molar-refractivity contribution in [2.24, 2.45) is 5.73 Å². The zero-order chi connectivity index (χ0) is 21.4. The number of benzene rings is 1. The summed E-state index contributed by atoms with van der Waals surface area (Å²) in [7, 11) is 1.56. The molecule has 1 aliphatic heterocycles. The largest absolute Gasteiger partial charge is 0.352 e. The van der Waals surface area contributed by atoms with Crippen LogP contribution in [0, 0.1) is 0 Å². The molecule has 5 rings (SSSR count). The Hall–Kier alpha value is -2.42. The number of nitrogens with one attached hydrogen (secondary N) is 1. The van der Waals surface area contributed by atoms with E-state index < -0.39 is 0 Å². The molecule has 1 fully saturated rings. The summed E-state index contributed by atoms with van der Waals surface area (Å²) < 4.78 is 0.275. The van der Waals surface area contributed by atoms with Gasteiger partial charge in [0.1, 0.15) is 5.03 Å². The molecule has 0 spiro atoms. The Kier molecular flexibility index (Phi) is 5.69. The van der Waals surface area contributed by atoms with Gasteiger partial charge >= 0.3 is 0 Å². The molecule has 1 aliphatic carbocycles. The first-order chi connectivity index (χ1) is 15.1. The molecule has 3 N–H and O–H groups in total. The third kappa shape index (κ3) is 3.95. The van der Waals surface area contributed by atoms with E-state index >= 15 is 0 Å². The normalized spacial score (nSPS) is 20.2. The second-order valence-corrected chi connectivity index (χ2v) is 10.6. The van der Waals surface area contributed by atoms with Crippen LogP contribution in [0.2, 0.25) is 0 Å². The molecule has 6 nitrogen and oxygen atoms in total. The number of hydrogen-bond donors (Lipinski definition) is 2. The highest BCUT2D eigenvalue weighted by Gasteiger charge is 2.37. The maximum atomic E-state index is 11.8. The van der Waals surface area contributed by atoms with Gasteiger partial charge in [0.05, 0.1) is 16.3 Å². The lowest BCUT2D eigenvalue weighted by Crippen LogP contribution is -2.23. The van der Waals surface area contributed by atoms with E-state index in [1.54, 1.807) is 31.2 Å². The van der Waals surface area contributed by atoms with Gasteiger partial charge < -0.3 is 11.1 Å². The summed E-state index contributed by atoms with van der Waals surface area (Å²) in [5.41, 5.74) is 11.7. The Morgan fingerprint density at radius 3 is 2.55 bits per heavy atom. The average molecular weight is 450 g/mol. The van der Waals surface area contributed by atoms with Gasteiger partial charge in [0, 0.05) is 35.8 Å². The number of amides is 1. The SMILES string of the molecule is CNC(=O)c1ncc(-c2cc(-c3ccccc3)c3c(n2)SC(SC2CCC2)C3N)cn1. The van der Waals surface area contributed by atoms with Crippen LogP contribution < -0.4 is 11.1 Å². The number of nitrogens with two attached hydrogens (primary N) is 1. The molecule has 3 aromatic rings. The van der Waals surface area contributed by atoms with Crippen molar-refractivity contribution in [3.05, 3.63) is 60.2 Å². The van der Waals surface area contributed by atoms with Crippen molar-refractivity contribution in [2.75, 3.05) is 7.05 Å². The van der Waals surface area contributed by atoms with E-state index in [0.29, 0.717) is 5.25 Å². The van der Waals surface area contributed by atoms with Crippen LogP contribution in [0.1, 0.15) is 41.5 Å². The van der Waals surface area contributed by atoms with E-state index in [1.165, 1.54) is 19.3 Å². The molecular formula is C23H23N5OS2. The first-order valence-corrected chi connectivity index (χ1v) is 12.2. The fraction of sp³-hybridized carbons (Fsp3) is 0.304.